The molecule has 0 aromatic heterocycles. The van der Waals surface area contributed by atoms with Crippen LogP contribution in [-0.2, 0) is 4.79 Å². The van der Waals surface area contributed by atoms with Gasteiger partial charge in [0.1, 0.15) is 0 Å². The zero-order chi connectivity index (χ0) is 16.4. The molecule has 3 rings (SSSR count). The number of nitrogens with one attached hydrogen (secondary N) is 1. The summed E-state index contributed by atoms with van der Waals surface area (Å²) >= 11 is 8.24. The molecule has 1 saturated heterocycles. The van der Waals surface area contributed by atoms with E-state index in [1.165, 1.54) is 0 Å². The third-order valence-corrected chi connectivity index (χ3v) is 5.71. The van der Waals surface area contributed by atoms with Crippen LogP contribution in [0.3, 0.4) is 0 Å². The van der Waals surface area contributed by atoms with Crippen molar-refractivity contribution >= 4 is 46.0 Å². The second-order valence-corrected chi connectivity index (χ2v) is 7.61. The van der Waals surface area contributed by atoms with Gasteiger partial charge in [-0.2, -0.15) is 0 Å². The SMILES string of the molecule is O=C(CN1CCN(C(=O)c2ccc(I)c(Cl)c2)CC1)NC1CC1. The summed E-state index contributed by atoms with van der Waals surface area (Å²) < 4.78 is 0.937. The molecule has 0 atom stereocenters. The fourth-order valence-corrected chi connectivity index (χ4v) is 3.14. The molecule has 1 aliphatic carbocycles. The van der Waals surface area contributed by atoms with E-state index in [-0.39, 0.29) is 11.8 Å². The Kier molecular flexibility index (Phi) is 5.43. The van der Waals surface area contributed by atoms with Crippen LogP contribution in [-0.4, -0.2) is 60.4 Å². The van der Waals surface area contributed by atoms with E-state index in [0.717, 1.165) is 29.5 Å². The molecule has 2 fully saturated rings. The summed E-state index contributed by atoms with van der Waals surface area (Å²) in [5, 5.41) is 3.60. The summed E-state index contributed by atoms with van der Waals surface area (Å²) in [5.41, 5.74) is 0.621. The molecule has 0 radical (unpaired) electrons. The van der Waals surface area contributed by atoms with Crippen molar-refractivity contribution in [3.05, 3.63) is 32.4 Å². The lowest BCUT2D eigenvalue weighted by Crippen LogP contribution is -2.51. The predicted octanol–water partition coefficient (Wildman–Crippen LogP) is 1.98. The fourth-order valence-electron chi connectivity index (χ4n) is 2.62. The van der Waals surface area contributed by atoms with Gasteiger partial charge in [-0.3, -0.25) is 14.5 Å². The van der Waals surface area contributed by atoms with Crippen LogP contribution in [0.25, 0.3) is 0 Å². The van der Waals surface area contributed by atoms with E-state index < -0.39 is 0 Å². The maximum absolute atomic E-state index is 12.5. The Bertz CT molecular complexity index is 613. The second kappa shape index (κ2) is 7.36. The maximum Gasteiger partial charge on any atom is 0.253 e. The summed E-state index contributed by atoms with van der Waals surface area (Å²) in [7, 11) is 0. The highest BCUT2D eigenvalue weighted by Gasteiger charge is 2.26. The van der Waals surface area contributed by atoms with Gasteiger partial charge in [0.25, 0.3) is 5.91 Å². The zero-order valence-electron chi connectivity index (χ0n) is 12.7. The summed E-state index contributed by atoms with van der Waals surface area (Å²) in [6.07, 6.45) is 2.21. The number of amides is 2. The third-order valence-electron chi connectivity index (χ3n) is 4.14. The fraction of sp³-hybridized carbons (Fsp3) is 0.500. The smallest absolute Gasteiger partial charge is 0.253 e. The molecule has 1 aliphatic heterocycles. The monoisotopic (exact) mass is 447 g/mol. The standard InChI is InChI=1S/C16H19ClIN3O2/c17-13-9-11(1-4-14(13)18)16(23)21-7-5-20(6-8-21)10-15(22)19-12-2-3-12/h1,4,9,12H,2-3,5-8,10H2,(H,19,22). The molecule has 1 heterocycles. The van der Waals surface area contributed by atoms with Crippen molar-refractivity contribution in [3.8, 4) is 0 Å². The molecule has 5 nitrogen and oxygen atoms in total. The number of carbonyl (C=O) groups is 2. The Balaban J connectivity index is 1.50. The molecule has 1 saturated carbocycles. The van der Waals surface area contributed by atoms with Crippen molar-refractivity contribution < 1.29 is 9.59 Å². The van der Waals surface area contributed by atoms with E-state index in [9.17, 15) is 9.59 Å². The Morgan fingerprint density at radius 1 is 1.22 bits per heavy atom. The van der Waals surface area contributed by atoms with Gasteiger partial charge in [-0.05, 0) is 53.6 Å². The van der Waals surface area contributed by atoms with Crippen LogP contribution in [0.15, 0.2) is 18.2 Å². The number of halogens is 2. The largest absolute Gasteiger partial charge is 0.352 e. The van der Waals surface area contributed by atoms with Crippen molar-refractivity contribution in [1.29, 1.82) is 0 Å². The highest BCUT2D eigenvalue weighted by molar-refractivity contribution is 14.1. The van der Waals surface area contributed by atoms with Crippen molar-refractivity contribution in [2.75, 3.05) is 32.7 Å². The molecule has 0 bridgehead atoms. The molecular formula is C16H19ClIN3O2. The average molecular weight is 448 g/mol. The number of hydrogen-bond donors (Lipinski definition) is 1. The van der Waals surface area contributed by atoms with Gasteiger partial charge in [-0.25, -0.2) is 0 Å². The first kappa shape index (κ1) is 17.0. The predicted molar refractivity (Wildman–Crippen MR) is 97.7 cm³/mol. The molecule has 1 aromatic rings. The van der Waals surface area contributed by atoms with Crippen molar-refractivity contribution in [2.24, 2.45) is 0 Å². The molecule has 2 aliphatic rings. The van der Waals surface area contributed by atoms with E-state index in [1.807, 2.05) is 17.0 Å². The molecule has 2 amide bonds. The van der Waals surface area contributed by atoms with Gasteiger partial charge in [-0.1, -0.05) is 11.6 Å². The number of carbonyl (C=O) groups excluding carboxylic acids is 2. The first-order valence-electron chi connectivity index (χ1n) is 7.79. The van der Waals surface area contributed by atoms with Crippen molar-refractivity contribution in [1.82, 2.24) is 15.1 Å². The molecule has 23 heavy (non-hydrogen) atoms. The van der Waals surface area contributed by atoms with E-state index in [1.54, 1.807) is 6.07 Å². The van der Waals surface area contributed by atoms with Crippen LogP contribution in [0.1, 0.15) is 23.2 Å². The molecule has 124 valence electrons. The van der Waals surface area contributed by atoms with Crippen LogP contribution >= 0.6 is 34.2 Å². The average Bonchev–Trinajstić information content (AvgIpc) is 3.34. The molecule has 0 unspecified atom stereocenters. The van der Waals surface area contributed by atoms with Gasteiger partial charge in [-0.15, -0.1) is 0 Å². The zero-order valence-corrected chi connectivity index (χ0v) is 15.6. The number of benzene rings is 1. The first-order chi connectivity index (χ1) is 11.0. The quantitative estimate of drug-likeness (QED) is 0.718. The normalized spacial score (nSPS) is 18.8. The van der Waals surface area contributed by atoms with E-state index >= 15 is 0 Å². The van der Waals surface area contributed by atoms with Gasteiger partial charge in [0.15, 0.2) is 0 Å². The summed E-state index contributed by atoms with van der Waals surface area (Å²) in [4.78, 5) is 28.3. The molecule has 7 heteroatoms. The Hall–Kier alpha value is -0.860. The van der Waals surface area contributed by atoms with Gasteiger partial charge >= 0.3 is 0 Å². The van der Waals surface area contributed by atoms with Crippen LogP contribution in [0.2, 0.25) is 5.02 Å². The van der Waals surface area contributed by atoms with E-state index in [0.29, 0.717) is 36.3 Å². The van der Waals surface area contributed by atoms with Crippen LogP contribution in [0.4, 0.5) is 0 Å². The van der Waals surface area contributed by atoms with E-state index in [2.05, 4.69) is 32.8 Å². The summed E-state index contributed by atoms with van der Waals surface area (Å²) in [6, 6.07) is 5.79. The number of rotatable bonds is 4. The minimum absolute atomic E-state index is 0.00498. The van der Waals surface area contributed by atoms with Gasteiger partial charge in [0, 0.05) is 41.4 Å². The Morgan fingerprint density at radius 2 is 1.91 bits per heavy atom. The lowest BCUT2D eigenvalue weighted by molar-refractivity contribution is -0.122. The van der Waals surface area contributed by atoms with Gasteiger partial charge in [0.05, 0.1) is 11.6 Å². The minimum atomic E-state index is 0.00498. The van der Waals surface area contributed by atoms with Crippen LogP contribution in [0.5, 0.6) is 0 Å². The third kappa shape index (κ3) is 4.58. The topological polar surface area (TPSA) is 52.7 Å². The van der Waals surface area contributed by atoms with Crippen LogP contribution < -0.4 is 5.32 Å². The van der Waals surface area contributed by atoms with Crippen molar-refractivity contribution in [3.63, 3.8) is 0 Å². The van der Waals surface area contributed by atoms with Gasteiger partial charge in [0.2, 0.25) is 5.91 Å². The molecular weight excluding hydrogens is 429 g/mol. The summed E-state index contributed by atoms with van der Waals surface area (Å²) in [5.74, 6) is 0.0991. The number of nitrogens with zero attached hydrogens (tertiary/aromatic N) is 2. The summed E-state index contributed by atoms with van der Waals surface area (Å²) in [6.45, 7) is 3.15. The molecule has 1 N–H and O–H groups in total. The van der Waals surface area contributed by atoms with Crippen molar-refractivity contribution in [2.45, 2.75) is 18.9 Å². The van der Waals surface area contributed by atoms with Gasteiger partial charge < -0.3 is 10.2 Å². The number of piperazine rings is 1. The van der Waals surface area contributed by atoms with E-state index in [4.69, 9.17) is 11.6 Å². The molecule has 0 spiro atoms. The molecule has 1 aromatic carbocycles. The highest BCUT2D eigenvalue weighted by atomic mass is 127. The maximum atomic E-state index is 12.5. The first-order valence-corrected chi connectivity index (χ1v) is 9.24. The van der Waals surface area contributed by atoms with Crippen LogP contribution in [0, 0.1) is 3.57 Å². The lowest BCUT2D eigenvalue weighted by atomic mass is 10.2. The Morgan fingerprint density at radius 3 is 2.52 bits per heavy atom. The Labute approximate surface area is 154 Å². The minimum Gasteiger partial charge on any atom is -0.352 e. The highest BCUT2D eigenvalue weighted by Crippen LogP contribution is 2.21. The number of hydrogen-bond acceptors (Lipinski definition) is 3. The second-order valence-electron chi connectivity index (χ2n) is 6.04. The lowest BCUT2D eigenvalue weighted by Gasteiger charge is -2.34.